The first kappa shape index (κ1) is 6.48. The summed E-state index contributed by atoms with van der Waals surface area (Å²) in [5.41, 5.74) is 7.78. The van der Waals surface area contributed by atoms with Gasteiger partial charge in [0.2, 0.25) is 0 Å². The molecule has 0 aliphatic carbocycles. The Labute approximate surface area is 68.5 Å². The van der Waals surface area contributed by atoms with Crippen molar-refractivity contribution in [2.75, 3.05) is 5.73 Å². The Hall–Kier alpha value is -1.23. The second kappa shape index (κ2) is 2.13. The Morgan fingerprint density at radius 1 is 1.27 bits per heavy atom. The fourth-order valence-electron chi connectivity index (χ4n) is 0.920. The summed E-state index contributed by atoms with van der Waals surface area (Å²) >= 11 is 3.93. The van der Waals surface area contributed by atoms with Gasteiger partial charge in [0.15, 0.2) is 0 Å². The lowest BCUT2D eigenvalue weighted by Gasteiger charge is -1.87. The van der Waals surface area contributed by atoms with Gasteiger partial charge >= 0.3 is 0 Å². The van der Waals surface area contributed by atoms with Gasteiger partial charge in [-0.3, -0.25) is 0 Å². The van der Waals surface area contributed by atoms with Crippen molar-refractivity contribution in [3.05, 3.63) is 18.2 Å². The highest BCUT2D eigenvalue weighted by Gasteiger charge is 1.98. The average Bonchev–Trinajstić information content (AvgIpc) is 2.27. The normalized spacial score (nSPS) is 10.6. The van der Waals surface area contributed by atoms with Gasteiger partial charge in [-0.2, -0.15) is 0 Å². The summed E-state index contributed by atoms with van der Waals surface area (Å²) in [5, 5.41) is 7.93. The van der Waals surface area contributed by atoms with E-state index in [2.05, 4.69) is 23.0 Å². The van der Waals surface area contributed by atoms with Crippen LogP contribution in [0.15, 0.2) is 18.2 Å². The van der Waals surface area contributed by atoms with Gasteiger partial charge in [-0.05, 0) is 31.0 Å². The first-order chi connectivity index (χ1) is 5.25. The molecule has 1 aromatic heterocycles. The molecule has 0 spiro atoms. The summed E-state index contributed by atoms with van der Waals surface area (Å²) in [6.07, 6.45) is 0. The highest BCUT2D eigenvalue weighted by atomic mass is 32.1. The zero-order chi connectivity index (χ0) is 7.84. The van der Waals surface area contributed by atoms with Gasteiger partial charge in [0.05, 0.1) is 0 Å². The third-order valence-electron chi connectivity index (χ3n) is 1.39. The smallest absolute Gasteiger partial charge is 0.116 e. The van der Waals surface area contributed by atoms with Crippen LogP contribution in [0.2, 0.25) is 0 Å². The minimum Gasteiger partial charge on any atom is -0.399 e. The van der Waals surface area contributed by atoms with Crippen molar-refractivity contribution >= 4 is 29.5 Å². The number of fused-ring (bicyclic) bond motifs is 1. The lowest BCUT2D eigenvalue weighted by atomic mass is 10.3. The lowest BCUT2D eigenvalue weighted by molar-refractivity contribution is 0.890. The molecule has 2 N–H and O–H groups in total. The lowest BCUT2D eigenvalue weighted by Crippen LogP contribution is -1.82. The maximum absolute atomic E-state index is 5.53. The van der Waals surface area contributed by atoms with Crippen LogP contribution in [-0.4, -0.2) is 14.4 Å². The zero-order valence-electron chi connectivity index (χ0n) is 5.60. The number of rotatable bonds is 0. The molecule has 1 heterocycles. The van der Waals surface area contributed by atoms with E-state index in [0.717, 1.165) is 11.0 Å². The molecule has 0 bridgehead atoms. The first-order valence-electron chi connectivity index (χ1n) is 3.07. The number of benzene rings is 1. The third kappa shape index (κ3) is 1.03. The summed E-state index contributed by atoms with van der Waals surface area (Å²) in [4.78, 5) is 0. The average molecular weight is 166 g/mol. The van der Waals surface area contributed by atoms with Crippen molar-refractivity contribution in [1.82, 2.24) is 14.4 Å². The summed E-state index contributed by atoms with van der Waals surface area (Å²) in [6, 6.07) is 5.35. The summed E-state index contributed by atoms with van der Waals surface area (Å²) in [7, 11) is 0. The standard InChI is InChI=1S/C6H6N4S/c7-4-1-2-5-6(3-4)9-10(11)8-5/h1-3,11H,7H2. The monoisotopic (exact) mass is 166 g/mol. The molecule has 0 aliphatic rings. The van der Waals surface area contributed by atoms with Crippen LogP contribution in [-0.2, 0) is 0 Å². The van der Waals surface area contributed by atoms with Gasteiger partial charge in [-0.25, -0.2) is 0 Å². The molecule has 0 fully saturated rings. The molecular weight excluding hydrogens is 160 g/mol. The predicted molar refractivity (Wildman–Crippen MR) is 46.3 cm³/mol. The Kier molecular flexibility index (Phi) is 1.25. The van der Waals surface area contributed by atoms with Crippen LogP contribution in [0.5, 0.6) is 0 Å². The third-order valence-corrected chi connectivity index (χ3v) is 1.57. The minimum absolute atomic E-state index is 0.686. The van der Waals surface area contributed by atoms with E-state index in [1.807, 2.05) is 6.07 Å². The molecule has 56 valence electrons. The minimum atomic E-state index is 0.686. The van der Waals surface area contributed by atoms with Crippen LogP contribution < -0.4 is 5.73 Å². The van der Waals surface area contributed by atoms with Crippen molar-refractivity contribution < 1.29 is 0 Å². The van der Waals surface area contributed by atoms with Crippen molar-refractivity contribution in [3.63, 3.8) is 0 Å². The number of nitrogens with two attached hydrogens (primary N) is 1. The first-order valence-corrected chi connectivity index (χ1v) is 3.47. The molecule has 0 atom stereocenters. The van der Waals surface area contributed by atoms with Gasteiger partial charge in [-0.15, -0.1) is 14.4 Å². The Morgan fingerprint density at radius 3 is 2.82 bits per heavy atom. The fraction of sp³-hybridized carbons (Fsp3) is 0. The molecule has 0 saturated heterocycles. The van der Waals surface area contributed by atoms with Gasteiger partial charge in [-0.1, -0.05) is 0 Å². The molecule has 4 nitrogen and oxygen atoms in total. The van der Waals surface area contributed by atoms with Gasteiger partial charge < -0.3 is 5.73 Å². The van der Waals surface area contributed by atoms with Crippen LogP contribution in [0.25, 0.3) is 11.0 Å². The molecular formula is C6H6N4S. The van der Waals surface area contributed by atoms with Gasteiger partial charge in [0.1, 0.15) is 11.0 Å². The van der Waals surface area contributed by atoms with Crippen LogP contribution in [0.4, 0.5) is 5.69 Å². The molecule has 2 aromatic rings. The molecule has 0 aliphatic heterocycles. The molecule has 1 aromatic carbocycles. The van der Waals surface area contributed by atoms with Crippen molar-refractivity contribution in [2.45, 2.75) is 0 Å². The molecule has 0 radical (unpaired) electrons. The highest BCUT2D eigenvalue weighted by molar-refractivity contribution is 7.78. The second-order valence-electron chi connectivity index (χ2n) is 2.22. The molecule has 0 unspecified atom stereocenters. The molecule has 0 saturated carbocycles. The second-order valence-corrected chi connectivity index (χ2v) is 2.57. The summed E-state index contributed by atoms with van der Waals surface area (Å²) in [5.74, 6) is 0. The molecule has 5 heteroatoms. The quantitative estimate of drug-likeness (QED) is 0.447. The number of nitrogens with zero attached hydrogens (tertiary/aromatic N) is 3. The number of hydrogen-bond acceptors (Lipinski definition) is 4. The van der Waals surface area contributed by atoms with Crippen LogP contribution in [0.1, 0.15) is 0 Å². The van der Waals surface area contributed by atoms with Crippen molar-refractivity contribution in [2.24, 2.45) is 0 Å². The van der Waals surface area contributed by atoms with E-state index in [0.29, 0.717) is 5.69 Å². The number of hydrogen-bond donors (Lipinski definition) is 2. The van der Waals surface area contributed by atoms with E-state index in [-0.39, 0.29) is 0 Å². The van der Waals surface area contributed by atoms with E-state index in [4.69, 9.17) is 5.73 Å². The maximum atomic E-state index is 5.53. The number of thiol groups is 1. The number of nitrogen functional groups attached to an aromatic ring is 1. The van der Waals surface area contributed by atoms with Crippen LogP contribution in [0.3, 0.4) is 0 Å². The van der Waals surface area contributed by atoms with Crippen molar-refractivity contribution in [1.29, 1.82) is 0 Å². The SMILES string of the molecule is Nc1ccc2nn(S)nc2c1. The molecule has 11 heavy (non-hydrogen) atoms. The molecule has 2 rings (SSSR count). The zero-order valence-corrected chi connectivity index (χ0v) is 6.49. The van der Waals surface area contributed by atoms with E-state index < -0.39 is 0 Å². The summed E-state index contributed by atoms with van der Waals surface area (Å²) in [6.45, 7) is 0. The topological polar surface area (TPSA) is 56.7 Å². The largest absolute Gasteiger partial charge is 0.399 e. The van der Waals surface area contributed by atoms with E-state index in [9.17, 15) is 0 Å². The van der Waals surface area contributed by atoms with E-state index in [1.54, 1.807) is 12.1 Å². The number of anilines is 1. The molecule has 0 amide bonds. The maximum Gasteiger partial charge on any atom is 0.116 e. The highest BCUT2D eigenvalue weighted by Crippen LogP contribution is 2.12. The van der Waals surface area contributed by atoms with E-state index >= 15 is 0 Å². The Balaban J connectivity index is 2.82. The van der Waals surface area contributed by atoms with Crippen molar-refractivity contribution in [3.8, 4) is 0 Å². The number of aromatic nitrogens is 3. The van der Waals surface area contributed by atoms with Crippen LogP contribution in [0, 0.1) is 0 Å². The van der Waals surface area contributed by atoms with Crippen LogP contribution >= 0.6 is 12.8 Å². The van der Waals surface area contributed by atoms with E-state index in [1.165, 1.54) is 4.20 Å². The Bertz CT molecular complexity index is 394. The Morgan fingerprint density at radius 2 is 2.00 bits per heavy atom. The predicted octanol–water partition coefficient (Wildman–Crippen LogP) is 0.706. The van der Waals surface area contributed by atoms with Gasteiger partial charge in [0.25, 0.3) is 0 Å². The van der Waals surface area contributed by atoms with Gasteiger partial charge in [0, 0.05) is 5.69 Å². The fourth-order valence-corrected chi connectivity index (χ4v) is 1.11. The summed E-state index contributed by atoms with van der Waals surface area (Å²) < 4.78 is 1.23.